The maximum absolute atomic E-state index is 13.5. The molecule has 1 aliphatic rings. The fourth-order valence-corrected chi connectivity index (χ4v) is 3.00. The van der Waals surface area contributed by atoms with Crippen LogP contribution in [0.25, 0.3) is 0 Å². The van der Waals surface area contributed by atoms with Crippen molar-refractivity contribution < 1.29 is 32.5 Å². The predicted molar refractivity (Wildman–Crippen MR) is 91.6 cm³/mol. The molecule has 0 aliphatic carbocycles. The molecule has 0 aromatic heterocycles. The van der Waals surface area contributed by atoms with E-state index in [1.807, 2.05) is 36.4 Å². The van der Waals surface area contributed by atoms with Crippen molar-refractivity contribution in [2.75, 3.05) is 0 Å². The van der Waals surface area contributed by atoms with E-state index in [1.165, 1.54) is 0 Å². The Morgan fingerprint density at radius 2 is 1.41 bits per heavy atom. The third kappa shape index (κ3) is 5.52. The Labute approximate surface area is 155 Å². The summed E-state index contributed by atoms with van der Waals surface area (Å²) < 4.78 is 56.4. The summed E-state index contributed by atoms with van der Waals surface area (Å²) in [6, 6.07) is 18.0. The molecule has 0 saturated carbocycles. The van der Waals surface area contributed by atoms with Crippen LogP contribution in [0.1, 0.15) is 17.5 Å². The van der Waals surface area contributed by atoms with Crippen LogP contribution in [0.5, 0.6) is 0 Å². The first kappa shape index (κ1) is 19.8. The molecular weight excluding hydrogens is 361 g/mol. The molecule has 0 unspecified atom stereocenters. The van der Waals surface area contributed by atoms with Crippen LogP contribution < -0.4 is 0 Å². The first-order valence-electron chi connectivity index (χ1n) is 8.65. The SMILES string of the molecule is O[C@H]1C[C@H](OCc2ccccc2)[C@H](OCc2ccccc2)[C@@H](C(F)(F)F)O1. The number of benzene rings is 2. The van der Waals surface area contributed by atoms with Gasteiger partial charge < -0.3 is 19.3 Å². The summed E-state index contributed by atoms with van der Waals surface area (Å²) in [5, 5.41) is 9.76. The lowest BCUT2D eigenvalue weighted by Crippen LogP contribution is -2.56. The summed E-state index contributed by atoms with van der Waals surface area (Å²) in [4.78, 5) is 0. The van der Waals surface area contributed by atoms with Crippen LogP contribution in [0.3, 0.4) is 0 Å². The fourth-order valence-electron chi connectivity index (χ4n) is 3.00. The second kappa shape index (κ2) is 8.84. The van der Waals surface area contributed by atoms with Crippen LogP contribution in [0, 0.1) is 0 Å². The van der Waals surface area contributed by atoms with E-state index in [9.17, 15) is 18.3 Å². The molecule has 1 aliphatic heterocycles. The Morgan fingerprint density at radius 3 is 1.93 bits per heavy atom. The van der Waals surface area contributed by atoms with Gasteiger partial charge in [0.15, 0.2) is 12.4 Å². The van der Waals surface area contributed by atoms with E-state index in [0.29, 0.717) is 0 Å². The fraction of sp³-hybridized carbons (Fsp3) is 0.400. The number of aliphatic hydroxyl groups excluding tert-OH is 1. The molecule has 146 valence electrons. The monoisotopic (exact) mass is 382 g/mol. The topological polar surface area (TPSA) is 47.9 Å². The minimum Gasteiger partial charge on any atom is -0.371 e. The van der Waals surface area contributed by atoms with Crippen molar-refractivity contribution in [1.29, 1.82) is 0 Å². The normalized spacial score (nSPS) is 26.1. The van der Waals surface area contributed by atoms with E-state index in [2.05, 4.69) is 0 Å². The second-order valence-electron chi connectivity index (χ2n) is 6.38. The quantitative estimate of drug-likeness (QED) is 0.825. The molecule has 0 bridgehead atoms. The predicted octanol–water partition coefficient (Wildman–Crippen LogP) is 3.83. The highest BCUT2D eigenvalue weighted by molar-refractivity contribution is 5.14. The molecule has 0 radical (unpaired) electrons. The minimum absolute atomic E-state index is 0.0112. The summed E-state index contributed by atoms with van der Waals surface area (Å²) in [5.74, 6) is 0. The van der Waals surface area contributed by atoms with Crippen molar-refractivity contribution in [3.05, 3.63) is 71.8 Å². The molecule has 2 aromatic rings. The number of aliphatic hydroxyl groups is 1. The Bertz CT molecular complexity index is 693. The molecule has 7 heteroatoms. The van der Waals surface area contributed by atoms with Crippen molar-refractivity contribution in [3.63, 3.8) is 0 Å². The van der Waals surface area contributed by atoms with Crippen LogP contribution in [-0.2, 0) is 27.4 Å². The van der Waals surface area contributed by atoms with E-state index in [0.717, 1.165) is 11.1 Å². The maximum atomic E-state index is 13.5. The highest BCUT2D eigenvalue weighted by Crippen LogP contribution is 2.35. The van der Waals surface area contributed by atoms with Gasteiger partial charge in [0, 0.05) is 6.42 Å². The Morgan fingerprint density at radius 1 is 0.889 bits per heavy atom. The standard InChI is InChI=1S/C20H21F3O4/c21-20(22,23)19-18(26-13-15-9-5-2-6-10-15)16(11-17(24)27-19)25-12-14-7-3-1-4-8-14/h1-10,16-19,24H,11-13H2/t16-,17+,18-,19-/m0/s1. The molecular formula is C20H21F3O4. The molecule has 0 spiro atoms. The molecule has 1 saturated heterocycles. The Balaban J connectivity index is 1.73. The van der Waals surface area contributed by atoms with Gasteiger partial charge in [0.1, 0.15) is 6.10 Å². The summed E-state index contributed by atoms with van der Waals surface area (Å²) in [7, 11) is 0. The third-order valence-electron chi connectivity index (χ3n) is 4.32. The van der Waals surface area contributed by atoms with Crippen molar-refractivity contribution in [1.82, 2.24) is 0 Å². The van der Waals surface area contributed by atoms with E-state index in [-0.39, 0.29) is 19.6 Å². The molecule has 27 heavy (non-hydrogen) atoms. The van der Waals surface area contributed by atoms with Gasteiger partial charge in [-0.05, 0) is 11.1 Å². The molecule has 1 heterocycles. The summed E-state index contributed by atoms with van der Waals surface area (Å²) in [6.45, 7) is 0.108. The third-order valence-corrected chi connectivity index (χ3v) is 4.32. The number of halogens is 3. The second-order valence-corrected chi connectivity index (χ2v) is 6.38. The number of alkyl halides is 3. The average molecular weight is 382 g/mol. The van der Waals surface area contributed by atoms with Crippen molar-refractivity contribution in [2.45, 2.75) is 50.4 Å². The zero-order chi connectivity index (χ0) is 19.3. The number of rotatable bonds is 6. The smallest absolute Gasteiger partial charge is 0.371 e. The molecule has 4 atom stereocenters. The van der Waals surface area contributed by atoms with Crippen LogP contribution in [0.4, 0.5) is 13.2 Å². The van der Waals surface area contributed by atoms with Crippen LogP contribution >= 0.6 is 0 Å². The van der Waals surface area contributed by atoms with Gasteiger partial charge >= 0.3 is 6.18 Å². The largest absolute Gasteiger partial charge is 0.417 e. The van der Waals surface area contributed by atoms with Gasteiger partial charge in [-0.3, -0.25) is 0 Å². The lowest BCUT2D eigenvalue weighted by molar-refractivity contribution is -0.332. The minimum atomic E-state index is -4.68. The molecule has 1 fully saturated rings. The molecule has 4 nitrogen and oxygen atoms in total. The van der Waals surface area contributed by atoms with Gasteiger partial charge in [-0.25, -0.2) is 0 Å². The van der Waals surface area contributed by atoms with Gasteiger partial charge in [-0.2, -0.15) is 13.2 Å². The van der Waals surface area contributed by atoms with Gasteiger partial charge in [0.25, 0.3) is 0 Å². The van der Waals surface area contributed by atoms with Gasteiger partial charge in [0.05, 0.1) is 19.3 Å². The lowest BCUT2D eigenvalue weighted by atomic mass is 10.00. The van der Waals surface area contributed by atoms with E-state index < -0.39 is 30.8 Å². The van der Waals surface area contributed by atoms with E-state index >= 15 is 0 Å². The lowest BCUT2D eigenvalue weighted by Gasteiger charge is -2.40. The summed E-state index contributed by atoms with van der Waals surface area (Å²) >= 11 is 0. The Kier molecular flexibility index (Phi) is 6.49. The van der Waals surface area contributed by atoms with Crippen molar-refractivity contribution >= 4 is 0 Å². The molecule has 0 amide bonds. The highest BCUT2D eigenvalue weighted by Gasteiger charge is 2.53. The molecule has 3 rings (SSSR count). The van der Waals surface area contributed by atoms with Crippen molar-refractivity contribution in [3.8, 4) is 0 Å². The van der Waals surface area contributed by atoms with Crippen molar-refractivity contribution in [2.24, 2.45) is 0 Å². The van der Waals surface area contributed by atoms with Crippen LogP contribution in [-0.4, -0.2) is 35.9 Å². The van der Waals surface area contributed by atoms with Gasteiger partial charge in [-0.15, -0.1) is 0 Å². The highest BCUT2D eigenvalue weighted by atomic mass is 19.4. The van der Waals surface area contributed by atoms with Gasteiger partial charge in [-0.1, -0.05) is 60.7 Å². The summed E-state index contributed by atoms with van der Waals surface area (Å²) in [6.07, 6.45) is -10.9. The molecule has 2 aromatic carbocycles. The number of hydrogen-bond acceptors (Lipinski definition) is 4. The first-order chi connectivity index (χ1) is 12.9. The number of ether oxygens (including phenoxy) is 3. The van der Waals surface area contributed by atoms with Crippen LogP contribution in [0.15, 0.2) is 60.7 Å². The van der Waals surface area contributed by atoms with Crippen LogP contribution in [0.2, 0.25) is 0 Å². The number of hydrogen-bond donors (Lipinski definition) is 1. The average Bonchev–Trinajstić information content (AvgIpc) is 2.66. The molecule has 1 N–H and O–H groups in total. The maximum Gasteiger partial charge on any atom is 0.417 e. The van der Waals surface area contributed by atoms with E-state index in [4.69, 9.17) is 14.2 Å². The van der Waals surface area contributed by atoms with Gasteiger partial charge in [0.2, 0.25) is 0 Å². The zero-order valence-corrected chi connectivity index (χ0v) is 14.5. The Hall–Kier alpha value is -1.93. The van der Waals surface area contributed by atoms with E-state index in [1.54, 1.807) is 24.3 Å². The summed E-state index contributed by atoms with van der Waals surface area (Å²) in [5.41, 5.74) is 1.57. The first-order valence-corrected chi connectivity index (χ1v) is 8.65. The zero-order valence-electron chi connectivity index (χ0n) is 14.5.